The fourth-order valence-electron chi connectivity index (χ4n) is 3.39. The predicted molar refractivity (Wildman–Crippen MR) is 117 cm³/mol. The summed E-state index contributed by atoms with van der Waals surface area (Å²) >= 11 is 6.05. The summed E-state index contributed by atoms with van der Waals surface area (Å²) in [5.41, 5.74) is -0.160. The Hall–Kier alpha value is -2.68. The molecule has 0 bridgehead atoms. The van der Waals surface area contributed by atoms with Crippen molar-refractivity contribution in [2.45, 2.75) is 52.6 Å². The third-order valence-electron chi connectivity index (χ3n) is 5.23. The molecule has 0 aliphatic carbocycles. The van der Waals surface area contributed by atoms with Gasteiger partial charge in [-0.1, -0.05) is 39.3 Å². The molecule has 1 aliphatic heterocycles. The van der Waals surface area contributed by atoms with Crippen molar-refractivity contribution < 1.29 is 19.3 Å². The lowest BCUT2D eigenvalue weighted by Gasteiger charge is -2.36. The Morgan fingerprint density at radius 2 is 1.90 bits per heavy atom. The van der Waals surface area contributed by atoms with E-state index in [9.17, 15) is 24.5 Å². The number of nitrogens with one attached hydrogen (secondary N) is 2. The van der Waals surface area contributed by atoms with Gasteiger partial charge in [-0.3, -0.25) is 24.5 Å². The fourth-order valence-corrected chi connectivity index (χ4v) is 3.65. The van der Waals surface area contributed by atoms with E-state index in [2.05, 4.69) is 10.6 Å². The minimum atomic E-state index is -0.793. The number of nitro benzene ring substituents is 1. The van der Waals surface area contributed by atoms with Gasteiger partial charge in [-0.15, -0.1) is 0 Å². The van der Waals surface area contributed by atoms with Crippen molar-refractivity contribution in [2.24, 2.45) is 11.8 Å². The van der Waals surface area contributed by atoms with E-state index in [1.165, 1.54) is 12.1 Å². The van der Waals surface area contributed by atoms with Crippen molar-refractivity contribution >= 4 is 35.0 Å². The van der Waals surface area contributed by atoms with Crippen molar-refractivity contribution in [1.82, 2.24) is 15.5 Å². The zero-order valence-electron chi connectivity index (χ0n) is 18.2. The second-order valence-electron chi connectivity index (χ2n) is 8.40. The van der Waals surface area contributed by atoms with Gasteiger partial charge in [0.2, 0.25) is 11.8 Å². The first-order chi connectivity index (χ1) is 14.5. The number of nitro groups is 1. The number of carbonyl (C=O) groups is 3. The summed E-state index contributed by atoms with van der Waals surface area (Å²) in [5, 5.41) is 16.5. The van der Waals surface area contributed by atoms with E-state index in [1.807, 2.05) is 27.7 Å². The summed E-state index contributed by atoms with van der Waals surface area (Å²) in [6.45, 7) is 8.20. The molecule has 0 spiro atoms. The lowest BCUT2D eigenvalue weighted by molar-refractivity contribution is -0.384. The van der Waals surface area contributed by atoms with E-state index in [1.54, 1.807) is 4.90 Å². The SMILES string of the molecule is CC(C)C(=O)NC1CCCN(C(=O)C(NC(=O)c2ccc([N+](=O)[O-])cc2Cl)C(C)C)C1. The van der Waals surface area contributed by atoms with Crippen LogP contribution in [0, 0.1) is 22.0 Å². The van der Waals surface area contributed by atoms with Crippen LogP contribution in [0.4, 0.5) is 5.69 Å². The molecule has 31 heavy (non-hydrogen) atoms. The zero-order chi connectivity index (χ0) is 23.3. The third kappa shape index (κ3) is 6.40. The minimum absolute atomic E-state index is 0.0548. The highest BCUT2D eigenvalue weighted by Crippen LogP contribution is 2.23. The average molecular weight is 453 g/mol. The maximum Gasteiger partial charge on any atom is 0.270 e. The normalized spacial score (nSPS) is 17.4. The molecule has 1 aliphatic rings. The van der Waals surface area contributed by atoms with Crippen molar-refractivity contribution in [1.29, 1.82) is 0 Å². The third-order valence-corrected chi connectivity index (χ3v) is 5.54. The van der Waals surface area contributed by atoms with E-state index < -0.39 is 16.9 Å². The van der Waals surface area contributed by atoms with Crippen LogP contribution in [0.15, 0.2) is 18.2 Å². The van der Waals surface area contributed by atoms with Crippen LogP contribution in [-0.4, -0.2) is 52.7 Å². The number of benzene rings is 1. The van der Waals surface area contributed by atoms with Gasteiger partial charge in [-0.2, -0.15) is 0 Å². The van der Waals surface area contributed by atoms with Crippen LogP contribution < -0.4 is 10.6 Å². The molecule has 0 saturated carbocycles. The Labute approximate surface area is 186 Å². The molecular weight excluding hydrogens is 424 g/mol. The van der Waals surface area contributed by atoms with Crippen LogP contribution in [-0.2, 0) is 9.59 Å². The molecular formula is C21H29ClN4O5. The van der Waals surface area contributed by atoms with Gasteiger partial charge in [0.15, 0.2) is 0 Å². The molecule has 10 heteroatoms. The second-order valence-corrected chi connectivity index (χ2v) is 8.81. The quantitative estimate of drug-likeness (QED) is 0.486. The van der Waals surface area contributed by atoms with Crippen LogP contribution in [0.3, 0.4) is 0 Å². The Balaban J connectivity index is 2.11. The number of non-ortho nitro benzene ring substituents is 1. The maximum absolute atomic E-state index is 13.2. The number of amides is 3. The number of halogens is 1. The summed E-state index contributed by atoms with van der Waals surface area (Å²) < 4.78 is 0. The summed E-state index contributed by atoms with van der Waals surface area (Å²) in [5.74, 6) is -1.20. The molecule has 2 N–H and O–H groups in total. The van der Waals surface area contributed by atoms with Gasteiger partial charge >= 0.3 is 0 Å². The Kier molecular flexibility index (Phi) is 8.38. The molecule has 170 valence electrons. The van der Waals surface area contributed by atoms with E-state index in [0.29, 0.717) is 13.1 Å². The Morgan fingerprint density at radius 3 is 2.45 bits per heavy atom. The van der Waals surface area contributed by atoms with Gasteiger partial charge in [0.25, 0.3) is 11.6 Å². The van der Waals surface area contributed by atoms with Gasteiger partial charge in [0.05, 0.1) is 15.5 Å². The van der Waals surface area contributed by atoms with E-state index >= 15 is 0 Å². The van der Waals surface area contributed by atoms with Crippen molar-refractivity contribution in [3.8, 4) is 0 Å². The first-order valence-corrected chi connectivity index (χ1v) is 10.7. The lowest BCUT2D eigenvalue weighted by Crippen LogP contribution is -2.56. The molecule has 9 nitrogen and oxygen atoms in total. The second kappa shape index (κ2) is 10.6. The van der Waals surface area contributed by atoms with Gasteiger partial charge in [-0.05, 0) is 24.8 Å². The molecule has 2 rings (SSSR count). The highest BCUT2D eigenvalue weighted by molar-refractivity contribution is 6.34. The standard InChI is InChI=1S/C21H29ClN4O5/c1-12(2)18(24-20(28)16-8-7-15(26(30)31)10-17(16)22)21(29)25-9-5-6-14(11-25)23-19(27)13(3)4/h7-8,10,12-14,18H,5-6,9,11H2,1-4H3,(H,23,27)(H,24,28). The molecule has 0 aromatic heterocycles. The van der Waals surface area contributed by atoms with Crippen molar-refractivity contribution in [3.63, 3.8) is 0 Å². The van der Waals surface area contributed by atoms with Crippen LogP contribution in [0.2, 0.25) is 5.02 Å². The highest BCUT2D eigenvalue weighted by atomic mass is 35.5. The fraction of sp³-hybridized carbons (Fsp3) is 0.571. The summed E-state index contributed by atoms with van der Waals surface area (Å²) in [7, 11) is 0. The Bertz CT molecular complexity index is 858. The number of carbonyl (C=O) groups excluding carboxylic acids is 3. The molecule has 0 radical (unpaired) electrons. The molecule has 1 aromatic carbocycles. The van der Waals surface area contributed by atoms with E-state index in [0.717, 1.165) is 18.9 Å². The molecule has 1 heterocycles. The first-order valence-electron chi connectivity index (χ1n) is 10.3. The first kappa shape index (κ1) is 24.6. The summed E-state index contributed by atoms with van der Waals surface area (Å²) in [4.78, 5) is 49.9. The molecule has 1 saturated heterocycles. The van der Waals surface area contributed by atoms with Crippen molar-refractivity contribution in [3.05, 3.63) is 38.9 Å². The monoisotopic (exact) mass is 452 g/mol. The van der Waals surface area contributed by atoms with E-state index in [-0.39, 0.29) is 46.0 Å². The lowest BCUT2D eigenvalue weighted by atomic mass is 9.99. The summed E-state index contributed by atoms with van der Waals surface area (Å²) in [6, 6.07) is 2.66. The van der Waals surface area contributed by atoms with Crippen LogP contribution >= 0.6 is 11.6 Å². The number of nitrogens with zero attached hydrogens (tertiary/aromatic N) is 2. The van der Waals surface area contributed by atoms with Gasteiger partial charge in [-0.25, -0.2) is 0 Å². The number of hydrogen-bond donors (Lipinski definition) is 2. The topological polar surface area (TPSA) is 122 Å². The molecule has 1 fully saturated rings. The van der Waals surface area contributed by atoms with Crippen LogP contribution in [0.25, 0.3) is 0 Å². The molecule has 3 amide bonds. The predicted octanol–water partition coefficient (Wildman–Crippen LogP) is 2.77. The van der Waals surface area contributed by atoms with E-state index in [4.69, 9.17) is 11.6 Å². The number of piperidine rings is 1. The summed E-state index contributed by atoms with van der Waals surface area (Å²) in [6.07, 6.45) is 1.54. The molecule has 1 aromatic rings. The number of likely N-dealkylation sites (tertiary alicyclic amines) is 1. The van der Waals surface area contributed by atoms with Gasteiger partial charge in [0.1, 0.15) is 6.04 Å². The van der Waals surface area contributed by atoms with Gasteiger partial charge < -0.3 is 15.5 Å². The zero-order valence-corrected chi connectivity index (χ0v) is 18.9. The largest absolute Gasteiger partial charge is 0.351 e. The van der Waals surface area contributed by atoms with Crippen molar-refractivity contribution in [2.75, 3.05) is 13.1 Å². The molecule has 2 atom stereocenters. The smallest absolute Gasteiger partial charge is 0.270 e. The number of hydrogen-bond acceptors (Lipinski definition) is 5. The average Bonchev–Trinajstić information content (AvgIpc) is 2.71. The maximum atomic E-state index is 13.2. The number of rotatable bonds is 7. The van der Waals surface area contributed by atoms with Crippen LogP contribution in [0.1, 0.15) is 50.9 Å². The Morgan fingerprint density at radius 1 is 1.23 bits per heavy atom. The van der Waals surface area contributed by atoms with Gasteiger partial charge in [0, 0.05) is 37.2 Å². The minimum Gasteiger partial charge on any atom is -0.351 e. The molecule has 2 unspecified atom stereocenters. The highest BCUT2D eigenvalue weighted by Gasteiger charge is 2.33. The van der Waals surface area contributed by atoms with Crippen LogP contribution in [0.5, 0.6) is 0 Å².